The third kappa shape index (κ3) is 2.20. The molecule has 4 heteroatoms. The van der Waals surface area contributed by atoms with E-state index in [9.17, 15) is 9.59 Å². The third-order valence-corrected chi connectivity index (χ3v) is 3.29. The Morgan fingerprint density at radius 3 is 2.31 bits per heavy atom. The van der Waals surface area contributed by atoms with Crippen molar-refractivity contribution in [3.8, 4) is 0 Å². The van der Waals surface area contributed by atoms with Gasteiger partial charge in [0.15, 0.2) is 0 Å². The molecule has 1 rings (SSSR count). The highest BCUT2D eigenvalue weighted by molar-refractivity contribution is 5.97. The number of nitrogens with one attached hydrogen (secondary N) is 1. The Labute approximate surface area is 97.4 Å². The summed E-state index contributed by atoms with van der Waals surface area (Å²) in [5.41, 5.74) is 0. The fourth-order valence-electron chi connectivity index (χ4n) is 2.18. The van der Waals surface area contributed by atoms with Gasteiger partial charge in [-0.2, -0.15) is 0 Å². The van der Waals surface area contributed by atoms with Gasteiger partial charge in [0.2, 0.25) is 11.8 Å². The normalized spacial score (nSPS) is 28.2. The maximum Gasteiger partial charge on any atom is 0.245 e. The van der Waals surface area contributed by atoms with Crippen LogP contribution in [0.4, 0.5) is 0 Å². The fraction of sp³-hybridized carbons (Fsp3) is 0.833. The van der Waals surface area contributed by atoms with Crippen molar-refractivity contribution in [3.05, 3.63) is 0 Å². The van der Waals surface area contributed by atoms with Gasteiger partial charge >= 0.3 is 0 Å². The van der Waals surface area contributed by atoms with Gasteiger partial charge < -0.3 is 10.2 Å². The Morgan fingerprint density at radius 2 is 1.88 bits per heavy atom. The molecule has 0 bridgehead atoms. The predicted octanol–water partition coefficient (Wildman–Crippen LogP) is 1.16. The molecule has 0 aromatic heterocycles. The summed E-state index contributed by atoms with van der Waals surface area (Å²) < 4.78 is 0. The summed E-state index contributed by atoms with van der Waals surface area (Å²) in [7, 11) is 0. The summed E-state index contributed by atoms with van der Waals surface area (Å²) in [6.07, 6.45) is 0.892. The van der Waals surface area contributed by atoms with Gasteiger partial charge in [-0.15, -0.1) is 0 Å². The monoisotopic (exact) mass is 226 g/mol. The Kier molecular flexibility index (Phi) is 3.94. The Hall–Kier alpha value is -1.06. The standard InChI is InChI=1S/C12H22N2O2/c1-6-8(4)10-11(15)13-9(5)12(16)14(10)7(2)3/h7-10H,6H2,1-5H3,(H,13,15). The summed E-state index contributed by atoms with van der Waals surface area (Å²) in [5.74, 6) is 0.203. The second kappa shape index (κ2) is 4.85. The highest BCUT2D eigenvalue weighted by atomic mass is 16.2. The zero-order valence-corrected chi connectivity index (χ0v) is 10.8. The lowest BCUT2D eigenvalue weighted by atomic mass is 9.92. The average molecular weight is 226 g/mol. The van der Waals surface area contributed by atoms with E-state index in [1.165, 1.54) is 0 Å². The molecule has 1 saturated heterocycles. The van der Waals surface area contributed by atoms with Crippen LogP contribution in [-0.2, 0) is 9.59 Å². The number of rotatable bonds is 3. The fourth-order valence-corrected chi connectivity index (χ4v) is 2.18. The molecule has 0 aromatic rings. The molecule has 4 nitrogen and oxygen atoms in total. The summed E-state index contributed by atoms with van der Waals surface area (Å²) in [5, 5.41) is 2.75. The molecule has 1 heterocycles. The summed E-state index contributed by atoms with van der Waals surface area (Å²) >= 11 is 0. The molecule has 1 aliphatic heterocycles. The number of carbonyl (C=O) groups is 2. The van der Waals surface area contributed by atoms with Crippen LogP contribution in [-0.4, -0.2) is 34.8 Å². The van der Waals surface area contributed by atoms with E-state index in [1.807, 2.05) is 27.7 Å². The number of piperazine rings is 1. The summed E-state index contributed by atoms with van der Waals surface area (Å²) in [6, 6.07) is -0.635. The molecule has 1 aliphatic rings. The van der Waals surface area contributed by atoms with Crippen LogP contribution < -0.4 is 5.32 Å². The third-order valence-electron chi connectivity index (χ3n) is 3.29. The molecule has 0 aromatic carbocycles. The van der Waals surface area contributed by atoms with E-state index in [4.69, 9.17) is 0 Å². The molecule has 1 fully saturated rings. The molecular weight excluding hydrogens is 204 g/mol. The molecule has 0 spiro atoms. The van der Waals surface area contributed by atoms with Crippen LogP contribution in [0, 0.1) is 5.92 Å². The minimum atomic E-state index is -0.393. The van der Waals surface area contributed by atoms with Crippen molar-refractivity contribution in [2.75, 3.05) is 0 Å². The van der Waals surface area contributed by atoms with Crippen LogP contribution in [0.25, 0.3) is 0 Å². The number of carbonyl (C=O) groups excluding carboxylic acids is 2. The minimum Gasteiger partial charge on any atom is -0.343 e. The first-order valence-corrected chi connectivity index (χ1v) is 6.02. The van der Waals surface area contributed by atoms with E-state index in [0.717, 1.165) is 6.42 Å². The molecule has 1 N–H and O–H groups in total. The van der Waals surface area contributed by atoms with Gasteiger partial charge in [-0.05, 0) is 26.7 Å². The van der Waals surface area contributed by atoms with Crippen molar-refractivity contribution >= 4 is 11.8 Å². The summed E-state index contributed by atoms with van der Waals surface area (Å²) in [6.45, 7) is 9.71. The van der Waals surface area contributed by atoms with Gasteiger partial charge in [-0.3, -0.25) is 9.59 Å². The van der Waals surface area contributed by atoms with Gasteiger partial charge in [-0.1, -0.05) is 20.3 Å². The van der Waals surface area contributed by atoms with Crippen LogP contribution in [0.3, 0.4) is 0 Å². The van der Waals surface area contributed by atoms with Crippen molar-refractivity contribution in [3.63, 3.8) is 0 Å². The first kappa shape index (κ1) is 13.0. The molecule has 0 radical (unpaired) electrons. The van der Waals surface area contributed by atoms with Crippen molar-refractivity contribution in [2.24, 2.45) is 5.92 Å². The zero-order chi connectivity index (χ0) is 12.5. The largest absolute Gasteiger partial charge is 0.343 e. The van der Waals surface area contributed by atoms with E-state index in [2.05, 4.69) is 5.32 Å². The Bertz CT molecular complexity index is 289. The number of amides is 2. The molecule has 3 atom stereocenters. The maximum absolute atomic E-state index is 12.1. The molecule has 92 valence electrons. The van der Waals surface area contributed by atoms with E-state index < -0.39 is 6.04 Å². The van der Waals surface area contributed by atoms with Crippen molar-refractivity contribution in [1.29, 1.82) is 0 Å². The van der Waals surface area contributed by atoms with E-state index >= 15 is 0 Å². The van der Waals surface area contributed by atoms with Crippen LogP contribution in [0.5, 0.6) is 0 Å². The van der Waals surface area contributed by atoms with Gasteiger partial charge in [0.25, 0.3) is 0 Å². The van der Waals surface area contributed by atoms with Crippen LogP contribution in [0.2, 0.25) is 0 Å². The topological polar surface area (TPSA) is 49.4 Å². The van der Waals surface area contributed by atoms with E-state index in [1.54, 1.807) is 11.8 Å². The first-order valence-electron chi connectivity index (χ1n) is 6.02. The summed E-state index contributed by atoms with van der Waals surface area (Å²) in [4.78, 5) is 25.7. The average Bonchev–Trinajstić information content (AvgIpc) is 2.21. The number of hydrogen-bond acceptors (Lipinski definition) is 2. The lowest BCUT2D eigenvalue weighted by molar-refractivity contribution is -0.153. The van der Waals surface area contributed by atoms with E-state index in [0.29, 0.717) is 0 Å². The van der Waals surface area contributed by atoms with Gasteiger partial charge in [0.05, 0.1) is 0 Å². The van der Waals surface area contributed by atoms with Crippen molar-refractivity contribution in [2.45, 2.75) is 59.2 Å². The molecule has 16 heavy (non-hydrogen) atoms. The zero-order valence-electron chi connectivity index (χ0n) is 10.8. The number of nitrogens with zero attached hydrogens (tertiary/aromatic N) is 1. The highest BCUT2D eigenvalue weighted by Crippen LogP contribution is 2.22. The lowest BCUT2D eigenvalue weighted by Gasteiger charge is -2.42. The molecule has 0 saturated carbocycles. The number of hydrogen-bond donors (Lipinski definition) is 1. The lowest BCUT2D eigenvalue weighted by Crippen LogP contribution is -2.65. The molecular formula is C12H22N2O2. The molecule has 2 amide bonds. The van der Waals surface area contributed by atoms with Gasteiger partial charge in [0.1, 0.15) is 12.1 Å². The smallest absolute Gasteiger partial charge is 0.245 e. The maximum atomic E-state index is 12.1. The van der Waals surface area contributed by atoms with Crippen molar-refractivity contribution in [1.82, 2.24) is 10.2 Å². The van der Waals surface area contributed by atoms with Gasteiger partial charge in [-0.25, -0.2) is 0 Å². The Balaban J connectivity index is 3.01. The quantitative estimate of drug-likeness (QED) is 0.785. The molecule has 0 aliphatic carbocycles. The highest BCUT2D eigenvalue weighted by Gasteiger charge is 2.41. The predicted molar refractivity (Wildman–Crippen MR) is 62.8 cm³/mol. The first-order chi connectivity index (χ1) is 7.40. The van der Waals surface area contributed by atoms with Gasteiger partial charge in [0, 0.05) is 6.04 Å². The minimum absolute atomic E-state index is 0.0184. The Morgan fingerprint density at radius 1 is 1.31 bits per heavy atom. The second-order valence-corrected chi connectivity index (χ2v) is 4.90. The molecule has 3 unspecified atom stereocenters. The van der Waals surface area contributed by atoms with Crippen LogP contribution in [0.1, 0.15) is 41.0 Å². The van der Waals surface area contributed by atoms with Crippen molar-refractivity contribution < 1.29 is 9.59 Å². The van der Waals surface area contributed by atoms with Crippen LogP contribution in [0.15, 0.2) is 0 Å². The van der Waals surface area contributed by atoms with Crippen LogP contribution >= 0.6 is 0 Å². The SMILES string of the molecule is CCC(C)C1C(=O)NC(C)C(=O)N1C(C)C. The second-order valence-electron chi connectivity index (χ2n) is 4.90. The van der Waals surface area contributed by atoms with E-state index in [-0.39, 0.29) is 29.8 Å².